The van der Waals surface area contributed by atoms with Gasteiger partial charge in [0.05, 0.1) is 0 Å². The van der Waals surface area contributed by atoms with Crippen LogP contribution in [0.4, 0.5) is 0 Å². The normalized spacial score (nSPS) is 10.7. The lowest BCUT2D eigenvalue weighted by Crippen LogP contribution is -2.07. The summed E-state index contributed by atoms with van der Waals surface area (Å²) in [5.74, 6) is 1.44. The lowest BCUT2D eigenvalue weighted by molar-refractivity contribution is 0.871. The Morgan fingerprint density at radius 2 is 2.19 bits per heavy atom. The monoisotopic (exact) mass is 217 g/mol. The van der Waals surface area contributed by atoms with E-state index < -0.39 is 0 Å². The Kier molecular flexibility index (Phi) is 2.96. The minimum absolute atomic E-state index is 0.594. The Bertz CT molecular complexity index is 489. The third-order valence-corrected chi connectivity index (χ3v) is 2.33. The van der Waals surface area contributed by atoms with Gasteiger partial charge in [-0.25, -0.2) is 15.0 Å². The van der Waals surface area contributed by atoms with E-state index in [-0.39, 0.29) is 0 Å². The predicted molar refractivity (Wildman–Crippen MR) is 61.7 cm³/mol. The molecule has 0 aliphatic rings. The molecule has 0 amide bonds. The lowest BCUT2D eigenvalue weighted by atomic mass is 10.2. The van der Waals surface area contributed by atoms with Crippen molar-refractivity contribution in [1.29, 1.82) is 0 Å². The molecule has 2 N–H and O–H groups in total. The van der Waals surface area contributed by atoms with E-state index in [0.717, 1.165) is 23.6 Å². The maximum atomic E-state index is 5.53. The van der Waals surface area contributed by atoms with E-state index in [0.29, 0.717) is 12.4 Å². The van der Waals surface area contributed by atoms with Gasteiger partial charge in [-0.2, -0.15) is 0 Å². The molecule has 0 aromatic carbocycles. The van der Waals surface area contributed by atoms with Gasteiger partial charge in [-0.3, -0.25) is 0 Å². The maximum Gasteiger partial charge on any atom is 0.196 e. The smallest absolute Gasteiger partial charge is 0.196 e. The largest absolute Gasteiger partial charge is 0.331 e. The first kappa shape index (κ1) is 10.8. The molecule has 0 fully saturated rings. The van der Waals surface area contributed by atoms with Crippen molar-refractivity contribution in [1.82, 2.24) is 19.5 Å². The molecule has 0 unspecified atom stereocenters. The Morgan fingerprint density at radius 3 is 2.81 bits per heavy atom. The van der Waals surface area contributed by atoms with Crippen molar-refractivity contribution >= 4 is 0 Å². The second-order valence-corrected chi connectivity index (χ2v) is 3.72. The van der Waals surface area contributed by atoms with E-state index in [1.807, 2.05) is 30.8 Å². The van der Waals surface area contributed by atoms with Crippen LogP contribution in [0, 0.1) is 6.92 Å². The molecule has 0 saturated heterocycles. The zero-order valence-electron chi connectivity index (χ0n) is 9.51. The zero-order chi connectivity index (χ0) is 11.5. The topological polar surface area (TPSA) is 69.6 Å². The minimum Gasteiger partial charge on any atom is -0.331 e. The molecule has 0 spiro atoms. The van der Waals surface area contributed by atoms with E-state index in [4.69, 9.17) is 5.73 Å². The fourth-order valence-electron chi connectivity index (χ4n) is 1.59. The standard InChI is InChI=1S/C11H15N5/c1-8-7-9(3-4-12)15-10(14-8)11-13-5-6-16(11)2/h5-7H,3-4,12H2,1-2H3. The van der Waals surface area contributed by atoms with E-state index in [1.54, 1.807) is 6.20 Å². The first-order valence-corrected chi connectivity index (χ1v) is 5.23. The Labute approximate surface area is 94.4 Å². The SMILES string of the molecule is Cc1cc(CCN)nc(-c2nccn2C)n1. The molecule has 2 aromatic heterocycles. The summed E-state index contributed by atoms with van der Waals surface area (Å²) in [4.78, 5) is 13.1. The van der Waals surface area contributed by atoms with Gasteiger partial charge in [0.1, 0.15) is 0 Å². The number of aromatic nitrogens is 4. The molecular formula is C11H15N5. The molecule has 5 heteroatoms. The van der Waals surface area contributed by atoms with E-state index >= 15 is 0 Å². The summed E-state index contributed by atoms with van der Waals surface area (Å²) in [5, 5.41) is 0. The van der Waals surface area contributed by atoms with Crippen molar-refractivity contribution in [2.75, 3.05) is 6.54 Å². The van der Waals surface area contributed by atoms with Crippen LogP contribution in [0.1, 0.15) is 11.4 Å². The van der Waals surface area contributed by atoms with Crippen LogP contribution in [0.2, 0.25) is 0 Å². The summed E-state index contributed by atoms with van der Waals surface area (Å²) in [5.41, 5.74) is 7.43. The molecule has 2 aromatic rings. The molecule has 0 bridgehead atoms. The summed E-state index contributed by atoms with van der Waals surface area (Å²) >= 11 is 0. The number of rotatable bonds is 3. The molecule has 2 rings (SSSR count). The van der Waals surface area contributed by atoms with Gasteiger partial charge in [0.15, 0.2) is 11.6 Å². The van der Waals surface area contributed by atoms with Crippen molar-refractivity contribution in [3.8, 4) is 11.6 Å². The van der Waals surface area contributed by atoms with Crippen LogP contribution in [-0.2, 0) is 13.5 Å². The van der Waals surface area contributed by atoms with Gasteiger partial charge >= 0.3 is 0 Å². The number of hydrogen-bond donors (Lipinski definition) is 1. The highest BCUT2D eigenvalue weighted by Crippen LogP contribution is 2.12. The fraction of sp³-hybridized carbons (Fsp3) is 0.364. The molecule has 0 atom stereocenters. The van der Waals surface area contributed by atoms with Gasteiger partial charge in [0.25, 0.3) is 0 Å². The summed E-state index contributed by atoms with van der Waals surface area (Å²) in [6.45, 7) is 2.55. The first-order valence-electron chi connectivity index (χ1n) is 5.23. The molecule has 2 heterocycles. The fourth-order valence-corrected chi connectivity index (χ4v) is 1.59. The quantitative estimate of drug-likeness (QED) is 0.821. The van der Waals surface area contributed by atoms with Crippen molar-refractivity contribution < 1.29 is 0 Å². The van der Waals surface area contributed by atoms with Crippen LogP contribution in [0.15, 0.2) is 18.5 Å². The van der Waals surface area contributed by atoms with Crippen molar-refractivity contribution in [2.45, 2.75) is 13.3 Å². The van der Waals surface area contributed by atoms with Crippen LogP contribution < -0.4 is 5.73 Å². The molecule has 0 radical (unpaired) electrons. The van der Waals surface area contributed by atoms with Gasteiger partial charge in [-0.1, -0.05) is 0 Å². The molecule has 5 nitrogen and oxygen atoms in total. The minimum atomic E-state index is 0.594. The lowest BCUT2D eigenvalue weighted by Gasteiger charge is -2.05. The Balaban J connectivity index is 2.45. The molecule has 0 saturated carbocycles. The highest BCUT2D eigenvalue weighted by atomic mass is 15.1. The van der Waals surface area contributed by atoms with E-state index in [2.05, 4.69) is 15.0 Å². The number of nitrogens with two attached hydrogens (primary N) is 1. The zero-order valence-corrected chi connectivity index (χ0v) is 9.51. The van der Waals surface area contributed by atoms with Crippen LogP contribution in [0.5, 0.6) is 0 Å². The Hall–Kier alpha value is -1.75. The van der Waals surface area contributed by atoms with Crippen molar-refractivity contribution in [2.24, 2.45) is 12.8 Å². The number of aryl methyl sites for hydroxylation is 2. The third-order valence-electron chi connectivity index (χ3n) is 2.33. The average Bonchev–Trinajstić information content (AvgIpc) is 2.64. The highest BCUT2D eigenvalue weighted by Gasteiger charge is 2.08. The number of hydrogen-bond acceptors (Lipinski definition) is 4. The molecule has 84 valence electrons. The third kappa shape index (κ3) is 2.09. The van der Waals surface area contributed by atoms with Crippen molar-refractivity contribution in [3.05, 3.63) is 29.8 Å². The summed E-state index contributed by atoms with van der Waals surface area (Å²) < 4.78 is 1.90. The summed E-state index contributed by atoms with van der Waals surface area (Å²) in [7, 11) is 1.93. The van der Waals surface area contributed by atoms with Gasteiger partial charge < -0.3 is 10.3 Å². The van der Waals surface area contributed by atoms with Crippen LogP contribution in [-0.4, -0.2) is 26.1 Å². The average molecular weight is 217 g/mol. The van der Waals surface area contributed by atoms with Crippen molar-refractivity contribution in [3.63, 3.8) is 0 Å². The molecule has 16 heavy (non-hydrogen) atoms. The number of nitrogens with zero attached hydrogens (tertiary/aromatic N) is 4. The van der Waals surface area contributed by atoms with E-state index in [1.165, 1.54) is 0 Å². The Morgan fingerprint density at radius 1 is 1.38 bits per heavy atom. The van der Waals surface area contributed by atoms with Crippen LogP contribution >= 0.6 is 0 Å². The molecule has 0 aliphatic carbocycles. The number of imidazole rings is 1. The van der Waals surface area contributed by atoms with Gasteiger partial charge in [-0.05, 0) is 19.5 Å². The first-order chi connectivity index (χ1) is 7.70. The van der Waals surface area contributed by atoms with Gasteiger partial charge in [-0.15, -0.1) is 0 Å². The summed E-state index contributed by atoms with van der Waals surface area (Å²) in [6, 6.07) is 1.96. The summed E-state index contributed by atoms with van der Waals surface area (Å²) in [6.07, 6.45) is 4.38. The predicted octanol–water partition coefficient (Wildman–Crippen LogP) is 0.687. The van der Waals surface area contributed by atoms with Crippen LogP contribution in [0.3, 0.4) is 0 Å². The second-order valence-electron chi connectivity index (χ2n) is 3.72. The van der Waals surface area contributed by atoms with E-state index in [9.17, 15) is 0 Å². The highest BCUT2D eigenvalue weighted by molar-refractivity contribution is 5.44. The van der Waals surface area contributed by atoms with Gasteiger partial charge in [0.2, 0.25) is 0 Å². The molecule has 0 aliphatic heterocycles. The van der Waals surface area contributed by atoms with Gasteiger partial charge in [0, 0.05) is 37.3 Å². The second kappa shape index (κ2) is 4.40. The maximum absolute atomic E-state index is 5.53. The molecular weight excluding hydrogens is 202 g/mol. The van der Waals surface area contributed by atoms with Crippen LogP contribution in [0.25, 0.3) is 11.6 Å².